The third kappa shape index (κ3) is 2.69. The van der Waals surface area contributed by atoms with Gasteiger partial charge in [0.1, 0.15) is 6.04 Å². The molecule has 0 saturated carbocycles. The van der Waals surface area contributed by atoms with E-state index in [4.69, 9.17) is 17.3 Å². The van der Waals surface area contributed by atoms with E-state index < -0.39 is 17.9 Å². The highest BCUT2D eigenvalue weighted by atomic mass is 35.5. The minimum absolute atomic E-state index is 0.119. The average Bonchev–Trinajstić information content (AvgIpc) is 2.64. The highest BCUT2D eigenvalue weighted by Crippen LogP contribution is 2.35. The van der Waals surface area contributed by atoms with Gasteiger partial charge in [0.15, 0.2) is 0 Å². The minimum atomic E-state index is -3.75. The fraction of sp³-hybridized carbons (Fsp3) is 0.444. The summed E-state index contributed by atoms with van der Waals surface area (Å²) in [6.07, 6.45) is 0. The summed E-state index contributed by atoms with van der Waals surface area (Å²) >= 11 is 6.51. The van der Waals surface area contributed by atoms with E-state index in [9.17, 15) is 13.6 Å². The van der Waals surface area contributed by atoms with E-state index in [2.05, 4.69) is 4.74 Å². The maximum absolute atomic E-state index is 13.5. The van der Waals surface area contributed by atoms with E-state index in [0.717, 1.165) is 11.3 Å². The van der Waals surface area contributed by atoms with Crippen molar-refractivity contribution < 1.29 is 18.3 Å². The SMILES string of the molecule is CCOC(=O)C(F)(F)[C@H](N)c1ccc(Cl)s1. The van der Waals surface area contributed by atoms with Gasteiger partial charge in [-0.25, -0.2) is 4.79 Å². The molecule has 90 valence electrons. The van der Waals surface area contributed by atoms with Crippen LogP contribution in [0.3, 0.4) is 0 Å². The summed E-state index contributed by atoms with van der Waals surface area (Å²) in [6, 6.07) is 1.08. The molecule has 1 aromatic heterocycles. The van der Waals surface area contributed by atoms with Gasteiger partial charge in [0.25, 0.3) is 0 Å². The summed E-state index contributed by atoms with van der Waals surface area (Å²) in [7, 11) is 0. The predicted octanol–water partition coefficient (Wildman–Crippen LogP) is 2.60. The molecular weight excluding hydrogens is 260 g/mol. The number of rotatable bonds is 4. The molecule has 0 radical (unpaired) electrons. The van der Waals surface area contributed by atoms with E-state index in [0.29, 0.717) is 4.34 Å². The van der Waals surface area contributed by atoms with Crippen LogP contribution in [0.25, 0.3) is 0 Å². The average molecular weight is 270 g/mol. The third-order valence-corrected chi connectivity index (χ3v) is 3.15. The van der Waals surface area contributed by atoms with Gasteiger partial charge < -0.3 is 10.5 Å². The molecule has 7 heteroatoms. The molecule has 1 aromatic rings. The van der Waals surface area contributed by atoms with Crippen molar-refractivity contribution in [2.75, 3.05) is 6.61 Å². The first kappa shape index (κ1) is 13.3. The summed E-state index contributed by atoms with van der Waals surface area (Å²) in [5.41, 5.74) is 5.32. The topological polar surface area (TPSA) is 52.3 Å². The largest absolute Gasteiger partial charge is 0.462 e. The van der Waals surface area contributed by atoms with Crippen molar-refractivity contribution in [3.63, 3.8) is 0 Å². The van der Waals surface area contributed by atoms with Gasteiger partial charge in [0.05, 0.1) is 10.9 Å². The second-order valence-corrected chi connectivity index (χ2v) is 4.71. The Balaban J connectivity index is 2.87. The molecule has 0 aliphatic rings. The standard InChI is InChI=1S/C9H10ClF2NO2S/c1-2-15-8(14)9(11,12)7(13)5-3-4-6(10)16-5/h3-4,7H,2,13H2,1H3/t7-/m1/s1. The predicted molar refractivity (Wildman–Crippen MR) is 57.8 cm³/mol. The number of thiophene rings is 1. The number of alkyl halides is 2. The molecule has 3 nitrogen and oxygen atoms in total. The van der Waals surface area contributed by atoms with Crippen molar-refractivity contribution in [2.24, 2.45) is 5.73 Å². The summed E-state index contributed by atoms with van der Waals surface area (Å²) in [5.74, 6) is -5.36. The van der Waals surface area contributed by atoms with Crippen LogP contribution in [-0.2, 0) is 9.53 Å². The molecule has 0 spiro atoms. The normalized spacial score (nSPS) is 13.6. The van der Waals surface area contributed by atoms with Gasteiger partial charge in [-0.3, -0.25) is 0 Å². The van der Waals surface area contributed by atoms with Gasteiger partial charge in [-0.2, -0.15) is 8.78 Å². The van der Waals surface area contributed by atoms with E-state index in [1.54, 1.807) is 0 Å². The zero-order valence-corrected chi connectivity index (χ0v) is 9.95. The highest BCUT2D eigenvalue weighted by molar-refractivity contribution is 7.16. The lowest BCUT2D eigenvalue weighted by molar-refractivity contribution is -0.174. The molecule has 0 bridgehead atoms. The quantitative estimate of drug-likeness (QED) is 0.855. The van der Waals surface area contributed by atoms with Crippen molar-refractivity contribution in [3.05, 3.63) is 21.3 Å². The fourth-order valence-corrected chi connectivity index (χ4v) is 2.13. The third-order valence-electron chi connectivity index (χ3n) is 1.84. The maximum atomic E-state index is 13.5. The van der Waals surface area contributed by atoms with E-state index in [-0.39, 0.29) is 11.5 Å². The zero-order chi connectivity index (χ0) is 12.3. The lowest BCUT2D eigenvalue weighted by atomic mass is 10.1. The second kappa shape index (κ2) is 5.07. The number of halogens is 3. The number of esters is 1. The van der Waals surface area contributed by atoms with Crippen molar-refractivity contribution in [1.82, 2.24) is 0 Å². The van der Waals surface area contributed by atoms with E-state index >= 15 is 0 Å². The fourth-order valence-electron chi connectivity index (χ4n) is 1.03. The van der Waals surface area contributed by atoms with Crippen LogP contribution in [0.1, 0.15) is 17.8 Å². The van der Waals surface area contributed by atoms with Crippen molar-refractivity contribution in [2.45, 2.75) is 18.9 Å². The number of hydrogen-bond donors (Lipinski definition) is 1. The van der Waals surface area contributed by atoms with Gasteiger partial charge in [0.2, 0.25) is 0 Å². The van der Waals surface area contributed by atoms with Crippen LogP contribution in [0, 0.1) is 0 Å². The van der Waals surface area contributed by atoms with Gasteiger partial charge in [0, 0.05) is 4.88 Å². The van der Waals surface area contributed by atoms with Crippen LogP contribution in [0.15, 0.2) is 12.1 Å². The lowest BCUT2D eigenvalue weighted by Gasteiger charge is -2.20. The molecule has 1 atom stereocenters. The Labute approximate surface area is 100 Å². The van der Waals surface area contributed by atoms with Crippen LogP contribution < -0.4 is 5.73 Å². The van der Waals surface area contributed by atoms with Gasteiger partial charge in [-0.15, -0.1) is 11.3 Å². The Morgan fingerprint density at radius 1 is 1.69 bits per heavy atom. The molecule has 0 amide bonds. The number of ether oxygens (including phenoxy) is 1. The van der Waals surface area contributed by atoms with Crippen LogP contribution in [0.2, 0.25) is 4.34 Å². The summed E-state index contributed by atoms with van der Waals surface area (Å²) in [4.78, 5) is 11.1. The molecule has 2 N–H and O–H groups in total. The highest BCUT2D eigenvalue weighted by Gasteiger charge is 2.48. The van der Waals surface area contributed by atoms with Crippen molar-refractivity contribution in [1.29, 1.82) is 0 Å². The van der Waals surface area contributed by atoms with Gasteiger partial charge >= 0.3 is 11.9 Å². The lowest BCUT2D eigenvalue weighted by Crippen LogP contribution is -2.41. The Kier molecular flexibility index (Phi) is 4.23. The Morgan fingerprint density at radius 3 is 2.75 bits per heavy atom. The first-order chi connectivity index (χ1) is 7.39. The number of hydrogen-bond acceptors (Lipinski definition) is 4. The molecule has 0 aliphatic heterocycles. The molecule has 0 unspecified atom stereocenters. The van der Waals surface area contributed by atoms with E-state index in [1.165, 1.54) is 19.1 Å². The first-order valence-electron chi connectivity index (χ1n) is 4.45. The summed E-state index contributed by atoms with van der Waals surface area (Å²) in [6.45, 7) is 1.33. The van der Waals surface area contributed by atoms with Crippen LogP contribution in [0.4, 0.5) is 8.78 Å². The van der Waals surface area contributed by atoms with Gasteiger partial charge in [-0.05, 0) is 19.1 Å². The summed E-state index contributed by atoms with van der Waals surface area (Å²) in [5, 5.41) is 0. The zero-order valence-electron chi connectivity index (χ0n) is 8.38. The monoisotopic (exact) mass is 269 g/mol. The number of carbonyl (C=O) groups excluding carboxylic acids is 1. The molecule has 0 fully saturated rings. The Bertz CT molecular complexity index is 383. The molecular formula is C9H10ClF2NO2S. The molecule has 0 aliphatic carbocycles. The van der Waals surface area contributed by atoms with Crippen molar-refractivity contribution in [3.8, 4) is 0 Å². The second-order valence-electron chi connectivity index (χ2n) is 2.96. The molecule has 16 heavy (non-hydrogen) atoms. The van der Waals surface area contributed by atoms with Crippen LogP contribution in [-0.4, -0.2) is 18.5 Å². The smallest absolute Gasteiger partial charge is 0.379 e. The number of nitrogens with two attached hydrogens (primary N) is 1. The van der Waals surface area contributed by atoms with Crippen LogP contribution >= 0.6 is 22.9 Å². The summed E-state index contributed by atoms with van der Waals surface area (Å²) < 4.78 is 31.5. The van der Waals surface area contributed by atoms with Crippen LogP contribution in [0.5, 0.6) is 0 Å². The minimum Gasteiger partial charge on any atom is -0.462 e. The van der Waals surface area contributed by atoms with E-state index in [1.807, 2.05) is 0 Å². The molecule has 1 heterocycles. The maximum Gasteiger partial charge on any atom is 0.379 e. The number of carbonyl (C=O) groups is 1. The first-order valence-corrected chi connectivity index (χ1v) is 5.65. The molecule has 1 rings (SSSR count). The van der Waals surface area contributed by atoms with Crippen molar-refractivity contribution >= 4 is 28.9 Å². The molecule has 0 saturated heterocycles. The Morgan fingerprint density at radius 2 is 2.31 bits per heavy atom. The van der Waals surface area contributed by atoms with Gasteiger partial charge in [-0.1, -0.05) is 11.6 Å². The molecule has 0 aromatic carbocycles. The Hall–Kier alpha value is -0.720.